The van der Waals surface area contributed by atoms with E-state index in [9.17, 15) is 9.90 Å². The van der Waals surface area contributed by atoms with Crippen molar-refractivity contribution >= 4 is 74.1 Å². The highest BCUT2D eigenvalue weighted by molar-refractivity contribution is 14.1. The van der Waals surface area contributed by atoms with E-state index in [-0.39, 0.29) is 23.7 Å². The molecular formula is C16H18I2N2O2S. The van der Waals surface area contributed by atoms with E-state index < -0.39 is 0 Å². The maximum Gasteiger partial charge on any atom is 0.266 e. The number of halogens is 2. The molecule has 1 heterocycles. The molecule has 0 atom stereocenters. The van der Waals surface area contributed by atoms with Gasteiger partial charge in [-0.3, -0.25) is 14.7 Å². The second-order valence-corrected chi connectivity index (χ2v) is 9.05. The molecule has 23 heavy (non-hydrogen) atoms. The molecule has 1 aliphatic rings. The van der Waals surface area contributed by atoms with E-state index in [2.05, 4.69) is 50.2 Å². The molecule has 1 aromatic carbocycles. The van der Waals surface area contributed by atoms with Crippen LogP contribution in [0.1, 0.15) is 33.3 Å². The zero-order chi connectivity index (χ0) is 17.3. The summed E-state index contributed by atoms with van der Waals surface area (Å²) < 4.78 is 1.54. The molecule has 124 valence electrons. The molecular weight excluding hydrogens is 538 g/mol. The van der Waals surface area contributed by atoms with Crippen LogP contribution in [0.5, 0.6) is 5.75 Å². The quantitative estimate of drug-likeness (QED) is 0.435. The van der Waals surface area contributed by atoms with Crippen molar-refractivity contribution in [2.45, 2.75) is 39.8 Å². The first-order chi connectivity index (χ1) is 10.7. The van der Waals surface area contributed by atoms with Gasteiger partial charge in [0.1, 0.15) is 5.75 Å². The summed E-state index contributed by atoms with van der Waals surface area (Å²) in [6.07, 6.45) is 1.87. The molecule has 1 amide bonds. The van der Waals surface area contributed by atoms with Gasteiger partial charge in [-0.25, -0.2) is 0 Å². The number of aliphatic imine (C=N–C) groups is 1. The van der Waals surface area contributed by atoms with E-state index in [1.807, 2.05) is 45.9 Å². The SMILES string of the molecule is CC(C)N=C1S/C(=C/c2cc(I)c(O)c(I)c2)C(=O)N1C(C)C. The number of carbonyl (C=O) groups excluding carboxylic acids is 1. The summed E-state index contributed by atoms with van der Waals surface area (Å²) in [6.45, 7) is 7.99. The summed E-state index contributed by atoms with van der Waals surface area (Å²) >= 11 is 5.60. The lowest BCUT2D eigenvalue weighted by molar-refractivity contribution is -0.123. The minimum atomic E-state index is -0.0116. The fourth-order valence-corrected chi connectivity index (χ4v) is 5.12. The van der Waals surface area contributed by atoms with Crippen molar-refractivity contribution in [3.8, 4) is 5.75 Å². The molecule has 0 radical (unpaired) electrons. The zero-order valence-corrected chi connectivity index (χ0v) is 18.4. The number of nitrogens with zero attached hydrogens (tertiary/aromatic N) is 2. The number of amidine groups is 1. The molecule has 1 aliphatic heterocycles. The Morgan fingerprint density at radius 2 is 1.78 bits per heavy atom. The third-order valence-electron chi connectivity index (χ3n) is 3.06. The molecule has 4 nitrogen and oxygen atoms in total. The van der Waals surface area contributed by atoms with Crippen LogP contribution in [0, 0.1) is 7.14 Å². The van der Waals surface area contributed by atoms with Crippen LogP contribution in [0.25, 0.3) is 6.08 Å². The van der Waals surface area contributed by atoms with Gasteiger partial charge < -0.3 is 5.11 Å². The molecule has 2 rings (SSSR count). The van der Waals surface area contributed by atoms with Crippen LogP contribution in [-0.2, 0) is 4.79 Å². The predicted molar refractivity (Wildman–Crippen MR) is 114 cm³/mol. The first-order valence-corrected chi connectivity index (χ1v) is 10.2. The normalized spacial score (nSPS) is 19.0. The van der Waals surface area contributed by atoms with E-state index in [1.54, 1.807) is 4.90 Å². The van der Waals surface area contributed by atoms with Crippen LogP contribution in [0.15, 0.2) is 22.0 Å². The van der Waals surface area contributed by atoms with E-state index in [4.69, 9.17) is 0 Å². The highest BCUT2D eigenvalue weighted by atomic mass is 127. The largest absolute Gasteiger partial charge is 0.506 e. The molecule has 0 unspecified atom stereocenters. The number of carbonyl (C=O) groups is 1. The lowest BCUT2D eigenvalue weighted by atomic mass is 10.2. The number of aromatic hydroxyl groups is 1. The Kier molecular flexibility index (Phi) is 6.40. The summed E-state index contributed by atoms with van der Waals surface area (Å²) in [5, 5.41) is 10.6. The topological polar surface area (TPSA) is 52.9 Å². The van der Waals surface area contributed by atoms with Crippen LogP contribution in [0.2, 0.25) is 0 Å². The molecule has 1 saturated heterocycles. The molecule has 0 aromatic heterocycles. The van der Waals surface area contributed by atoms with Gasteiger partial charge in [0.25, 0.3) is 5.91 Å². The standard InChI is InChI=1S/C16H18I2N2O2S/c1-8(2)19-16-20(9(3)4)15(22)13(23-16)7-10-5-11(17)14(21)12(18)6-10/h5-9,21H,1-4H3/b13-7+,19-16?. The Hall–Kier alpha value is -0.290. The Balaban J connectivity index is 2.42. The third-order valence-corrected chi connectivity index (χ3v) is 5.70. The Bertz CT molecular complexity index is 676. The molecule has 1 aromatic rings. The van der Waals surface area contributed by atoms with E-state index in [1.165, 1.54) is 11.8 Å². The van der Waals surface area contributed by atoms with Gasteiger partial charge in [-0.15, -0.1) is 0 Å². The lowest BCUT2D eigenvalue weighted by Gasteiger charge is -2.20. The number of rotatable bonds is 3. The first kappa shape index (κ1) is 19.0. The second kappa shape index (κ2) is 7.73. The van der Waals surface area contributed by atoms with Crippen molar-refractivity contribution in [1.29, 1.82) is 0 Å². The lowest BCUT2D eigenvalue weighted by Crippen LogP contribution is -2.35. The average molecular weight is 556 g/mol. The fraction of sp³-hybridized carbons (Fsp3) is 0.375. The summed E-state index contributed by atoms with van der Waals surface area (Å²) in [4.78, 5) is 19.7. The maximum atomic E-state index is 12.7. The van der Waals surface area contributed by atoms with Gasteiger partial charge in [-0.2, -0.15) is 0 Å². The van der Waals surface area contributed by atoms with Crippen molar-refractivity contribution in [3.63, 3.8) is 0 Å². The highest BCUT2D eigenvalue weighted by Crippen LogP contribution is 2.35. The minimum Gasteiger partial charge on any atom is -0.506 e. The van der Waals surface area contributed by atoms with Gasteiger partial charge in [0.15, 0.2) is 5.17 Å². The van der Waals surface area contributed by atoms with Crippen LogP contribution in [-0.4, -0.2) is 33.2 Å². The van der Waals surface area contributed by atoms with Crippen LogP contribution in [0.4, 0.5) is 0 Å². The van der Waals surface area contributed by atoms with Crippen molar-refractivity contribution in [1.82, 2.24) is 4.90 Å². The number of thioether (sulfide) groups is 1. The van der Waals surface area contributed by atoms with Crippen molar-refractivity contribution < 1.29 is 9.90 Å². The number of benzene rings is 1. The number of phenolic OH excluding ortho intramolecular Hbond substituents is 1. The van der Waals surface area contributed by atoms with Crippen LogP contribution >= 0.6 is 56.9 Å². The summed E-state index contributed by atoms with van der Waals surface area (Å²) in [7, 11) is 0. The number of hydrogen-bond donors (Lipinski definition) is 1. The predicted octanol–water partition coefficient (Wildman–Crippen LogP) is 4.69. The summed E-state index contributed by atoms with van der Waals surface area (Å²) in [6, 6.07) is 3.95. The number of phenols is 1. The number of amides is 1. The molecule has 7 heteroatoms. The minimum absolute atomic E-state index is 0.0116. The Morgan fingerprint density at radius 3 is 2.26 bits per heavy atom. The maximum absolute atomic E-state index is 12.7. The smallest absolute Gasteiger partial charge is 0.266 e. The van der Waals surface area contributed by atoms with Gasteiger partial charge in [-0.1, -0.05) is 0 Å². The average Bonchev–Trinajstić information content (AvgIpc) is 2.71. The molecule has 0 saturated carbocycles. The summed E-state index contributed by atoms with van der Waals surface area (Å²) in [5.41, 5.74) is 0.905. The van der Waals surface area contributed by atoms with E-state index in [0.29, 0.717) is 4.91 Å². The van der Waals surface area contributed by atoms with E-state index >= 15 is 0 Å². The van der Waals surface area contributed by atoms with Gasteiger partial charge >= 0.3 is 0 Å². The molecule has 0 spiro atoms. The first-order valence-electron chi connectivity index (χ1n) is 7.19. The van der Waals surface area contributed by atoms with Crippen molar-refractivity contribution in [3.05, 3.63) is 29.7 Å². The van der Waals surface area contributed by atoms with Gasteiger partial charge in [-0.05, 0) is 108 Å². The Labute approximate surface area is 168 Å². The second-order valence-electron chi connectivity index (χ2n) is 5.72. The van der Waals surface area contributed by atoms with Crippen molar-refractivity contribution in [2.24, 2.45) is 4.99 Å². The molecule has 1 fully saturated rings. The molecule has 0 bridgehead atoms. The zero-order valence-electron chi connectivity index (χ0n) is 13.3. The third kappa shape index (κ3) is 4.41. The van der Waals surface area contributed by atoms with Gasteiger partial charge in [0, 0.05) is 12.1 Å². The van der Waals surface area contributed by atoms with Crippen molar-refractivity contribution in [2.75, 3.05) is 0 Å². The monoisotopic (exact) mass is 556 g/mol. The van der Waals surface area contributed by atoms with Crippen LogP contribution in [0.3, 0.4) is 0 Å². The van der Waals surface area contributed by atoms with Crippen LogP contribution < -0.4 is 0 Å². The molecule has 0 aliphatic carbocycles. The fourth-order valence-electron chi connectivity index (χ4n) is 2.07. The highest BCUT2D eigenvalue weighted by Gasteiger charge is 2.35. The van der Waals surface area contributed by atoms with Gasteiger partial charge in [0.2, 0.25) is 0 Å². The summed E-state index contributed by atoms with van der Waals surface area (Å²) in [5.74, 6) is 0.270. The van der Waals surface area contributed by atoms with E-state index in [0.717, 1.165) is 17.9 Å². The van der Waals surface area contributed by atoms with Gasteiger partial charge in [0.05, 0.1) is 12.0 Å². The molecule has 1 N–H and O–H groups in total. The Morgan fingerprint density at radius 1 is 1.22 bits per heavy atom. The number of hydrogen-bond acceptors (Lipinski definition) is 4.